The van der Waals surface area contributed by atoms with Crippen LogP contribution in [0.4, 0.5) is 15.8 Å². The van der Waals surface area contributed by atoms with Crippen LogP contribution >= 0.6 is 0 Å². The molecule has 0 atom stereocenters. The summed E-state index contributed by atoms with van der Waals surface area (Å²) < 4.78 is 18.5. The van der Waals surface area contributed by atoms with Crippen molar-refractivity contribution >= 4 is 17.3 Å². The molecule has 2 aromatic rings. The standard InChI is InChI=1S/C20H25FN2O2/c1-2-3-4-5-14-25-19-12-10-18(11-13-19)23-20(24)15-22-17-8-6-16(21)7-9-17/h6-13,22H,2-5,14-15H2,1H3,(H,23,24). The van der Waals surface area contributed by atoms with Crippen molar-refractivity contribution in [1.29, 1.82) is 0 Å². The average molecular weight is 344 g/mol. The first kappa shape index (κ1) is 18.8. The molecule has 2 rings (SSSR count). The molecule has 0 fully saturated rings. The fraction of sp³-hybridized carbons (Fsp3) is 0.350. The van der Waals surface area contributed by atoms with E-state index in [1.165, 1.54) is 31.4 Å². The van der Waals surface area contributed by atoms with E-state index in [0.717, 1.165) is 12.2 Å². The Labute approximate surface area is 148 Å². The van der Waals surface area contributed by atoms with E-state index < -0.39 is 0 Å². The molecule has 0 aliphatic carbocycles. The molecule has 0 saturated heterocycles. The summed E-state index contributed by atoms with van der Waals surface area (Å²) in [4.78, 5) is 11.9. The number of unbranched alkanes of at least 4 members (excludes halogenated alkanes) is 3. The minimum Gasteiger partial charge on any atom is -0.494 e. The van der Waals surface area contributed by atoms with Crippen LogP contribution in [0.15, 0.2) is 48.5 Å². The summed E-state index contributed by atoms with van der Waals surface area (Å²) in [5, 5.41) is 5.75. The van der Waals surface area contributed by atoms with Crippen molar-refractivity contribution in [2.24, 2.45) is 0 Å². The Balaban J connectivity index is 1.70. The molecule has 0 heterocycles. The van der Waals surface area contributed by atoms with Crippen molar-refractivity contribution in [3.63, 3.8) is 0 Å². The highest BCUT2D eigenvalue weighted by molar-refractivity contribution is 5.93. The fourth-order valence-corrected chi connectivity index (χ4v) is 2.31. The van der Waals surface area contributed by atoms with Gasteiger partial charge in [0.15, 0.2) is 0 Å². The summed E-state index contributed by atoms with van der Waals surface area (Å²) in [5.41, 5.74) is 1.41. The van der Waals surface area contributed by atoms with Gasteiger partial charge in [-0.05, 0) is 55.0 Å². The predicted molar refractivity (Wildman–Crippen MR) is 99.6 cm³/mol. The zero-order valence-electron chi connectivity index (χ0n) is 14.6. The van der Waals surface area contributed by atoms with Crippen LogP contribution in [0.25, 0.3) is 0 Å². The molecular weight excluding hydrogens is 319 g/mol. The Kier molecular flexibility index (Phi) is 7.76. The molecule has 0 bridgehead atoms. The van der Waals surface area contributed by atoms with Crippen molar-refractivity contribution in [2.75, 3.05) is 23.8 Å². The topological polar surface area (TPSA) is 50.4 Å². The summed E-state index contributed by atoms with van der Waals surface area (Å²) in [5.74, 6) is 0.333. The average Bonchev–Trinajstić information content (AvgIpc) is 2.62. The van der Waals surface area contributed by atoms with Gasteiger partial charge < -0.3 is 15.4 Å². The van der Waals surface area contributed by atoms with Crippen LogP contribution in [-0.2, 0) is 4.79 Å². The third-order valence-electron chi connectivity index (χ3n) is 3.70. The molecule has 0 unspecified atom stereocenters. The van der Waals surface area contributed by atoms with Crippen LogP contribution in [0.3, 0.4) is 0 Å². The smallest absolute Gasteiger partial charge is 0.243 e. The van der Waals surface area contributed by atoms with E-state index in [2.05, 4.69) is 17.6 Å². The minimum atomic E-state index is -0.303. The molecule has 5 heteroatoms. The summed E-state index contributed by atoms with van der Waals surface area (Å²) in [6.07, 6.45) is 4.69. The second-order valence-corrected chi connectivity index (χ2v) is 5.84. The van der Waals surface area contributed by atoms with Gasteiger partial charge in [0.25, 0.3) is 0 Å². The number of carbonyl (C=O) groups is 1. The number of carbonyl (C=O) groups excluding carboxylic acids is 1. The van der Waals surface area contributed by atoms with Crippen molar-refractivity contribution in [1.82, 2.24) is 0 Å². The number of anilines is 2. The van der Waals surface area contributed by atoms with E-state index in [9.17, 15) is 9.18 Å². The lowest BCUT2D eigenvalue weighted by molar-refractivity contribution is -0.114. The Morgan fingerprint density at radius 2 is 1.64 bits per heavy atom. The van der Waals surface area contributed by atoms with Crippen LogP contribution in [0.1, 0.15) is 32.6 Å². The second-order valence-electron chi connectivity index (χ2n) is 5.84. The third-order valence-corrected chi connectivity index (χ3v) is 3.70. The third kappa shape index (κ3) is 7.25. The van der Waals surface area contributed by atoms with Gasteiger partial charge >= 0.3 is 0 Å². The first-order chi connectivity index (χ1) is 12.2. The zero-order chi connectivity index (χ0) is 17.9. The Morgan fingerprint density at radius 3 is 2.32 bits per heavy atom. The molecule has 25 heavy (non-hydrogen) atoms. The van der Waals surface area contributed by atoms with Crippen LogP contribution in [0.2, 0.25) is 0 Å². The summed E-state index contributed by atoms with van der Waals surface area (Å²) >= 11 is 0. The monoisotopic (exact) mass is 344 g/mol. The van der Waals surface area contributed by atoms with E-state index in [1.807, 2.05) is 24.3 Å². The molecule has 0 aliphatic rings. The first-order valence-corrected chi connectivity index (χ1v) is 8.69. The lowest BCUT2D eigenvalue weighted by Crippen LogP contribution is -2.21. The van der Waals surface area contributed by atoms with E-state index in [0.29, 0.717) is 18.0 Å². The number of hydrogen-bond acceptors (Lipinski definition) is 3. The zero-order valence-corrected chi connectivity index (χ0v) is 14.6. The molecule has 0 saturated carbocycles. The van der Waals surface area contributed by atoms with Crippen molar-refractivity contribution in [3.8, 4) is 5.75 Å². The Bertz CT molecular complexity index is 642. The Morgan fingerprint density at radius 1 is 0.960 bits per heavy atom. The normalized spacial score (nSPS) is 10.3. The highest BCUT2D eigenvalue weighted by Gasteiger charge is 2.03. The highest BCUT2D eigenvalue weighted by atomic mass is 19.1. The van der Waals surface area contributed by atoms with Gasteiger partial charge in [-0.15, -0.1) is 0 Å². The SMILES string of the molecule is CCCCCCOc1ccc(NC(=O)CNc2ccc(F)cc2)cc1. The van der Waals surface area contributed by atoms with Crippen LogP contribution < -0.4 is 15.4 Å². The van der Waals surface area contributed by atoms with Crippen molar-refractivity contribution < 1.29 is 13.9 Å². The molecule has 2 N–H and O–H groups in total. The number of amides is 1. The lowest BCUT2D eigenvalue weighted by atomic mass is 10.2. The van der Waals surface area contributed by atoms with Gasteiger partial charge in [-0.25, -0.2) is 4.39 Å². The van der Waals surface area contributed by atoms with Crippen LogP contribution in [0, 0.1) is 5.82 Å². The van der Waals surface area contributed by atoms with Gasteiger partial charge in [-0.3, -0.25) is 4.79 Å². The van der Waals surface area contributed by atoms with Crippen LogP contribution in [-0.4, -0.2) is 19.1 Å². The quantitative estimate of drug-likeness (QED) is 0.607. The molecule has 0 aromatic heterocycles. The maximum absolute atomic E-state index is 12.8. The lowest BCUT2D eigenvalue weighted by Gasteiger charge is -2.09. The van der Waals surface area contributed by atoms with E-state index >= 15 is 0 Å². The molecule has 0 spiro atoms. The maximum atomic E-state index is 12.8. The number of halogens is 1. The minimum absolute atomic E-state index is 0.112. The van der Waals surface area contributed by atoms with Gasteiger partial charge in [-0.1, -0.05) is 26.2 Å². The molecule has 4 nitrogen and oxygen atoms in total. The molecule has 1 amide bonds. The number of nitrogens with one attached hydrogen (secondary N) is 2. The van der Waals surface area contributed by atoms with Gasteiger partial charge in [0.05, 0.1) is 13.2 Å². The Hall–Kier alpha value is -2.56. The van der Waals surface area contributed by atoms with Crippen molar-refractivity contribution in [2.45, 2.75) is 32.6 Å². The van der Waals surface area contributed by atoms with Gasteiger partial charge in [-0.2, -0.15) is 0 Å². The summed E-state index contributed by atoms with van der Waals surface area (Å²) in [7, 11) is 0. The maximum Gasteiger partial charge on any atom is 0.243 e. The molecule has 0 radical (unpaired) electrons. The van der Waals surface area contributed by atoms with Crippen LogP contribution in [0.5, 0.6) is 5.75 Å². The molecule has 134 valence electrons. The molecule has 2 aromatic carbocycles. The van der Waals surface area contributed by atoms with E-state index in [4.69, 9.17) is 4.74 Å². The van der Waals surface area contributed by atoms with Gasteiger partial charge in [0.1, 0.15) is 11.6 Å². The largest absolute Gasteiger partial charge is 0.494 e. The summed E-state index contributed by atoms with van der Waals surface area (Å²) in [6, 6.07) is 13.2. The van der Waals surface area contributed by atoms with E-state index in [1.54, 1.807) is 12.1 Å². The first-order valence-electron chi connectivity index (χ1n) is 8.69. The molecular formula is C20H25FN2O2. The fourth-order valence-electron chi connectivity index (χ4n) is 2.31. The molecule has 0 aliphatic heterocycles. The highest BCUT2D eigenvalue weighted by Crippen LogP contribution is 2.16. The van der Waals surface area contributed by atoms with Crippen molar-refractivity contribution in [3.05, 3.63) is 54.3 Å². The second kappa shape index (κ2) is 10.3. The van der Waals surface area contributed by atoms with E-state index in [-0.39, 0.29) is 18.3 Å². The van der Waals surface area contributed by atoms with Gasteiger partial charge in [0, 0.05) is 11.4 Å². The number of benzene rings is 2. The number of hydrogen-bond donors (Lipinski definition) is 2. The number of ether oxygens (including phenoxy) is 1. The predicted octanol–water partition coefficient (Wildman–Crippen LogP) is 4.84. The number of rotatable bonds is 10. The summed E-state index contributed by atoms with van der Waals surface area (Å²) in [6.45, 7) is 3.01. The van der Waals surface area contributed by atoms with Gasteiger partial charge in [0.2, 0.25) is 5.91 Å².